The second-order valence-electron chi connectivity index (χ2n) is 6.21. The predicted octanol–water partition coefficient (Wildman–Crippen LogP) is 3.98. The van der Waals surface area contributed by atoms with Crippen LogP contribution in [-0.4, -0.2) is 34.1 Å². The lowest BCUT2D eigenvalue weighted by atomic mass is 9.96. The van der Waals surface area contributed by atoms with E-state index in [-0.39, 0.29) is 17.7 Å². The van der Waals surface area contributed by atoms with E-state index in [1.165, 1.54) is 0 Å². The molecule has 2 heterocycles. The summed E-state index contributed by atoms with van der Waals surface area (Å²) in [6, 6.07) is 7.52. The van der Waals surface area contributed by atoms with Gasteiger partial charge in [-0.3, -0.25) is 4.79 Å². The lowest BCUT2D eigenvalue weighted by Crippen LogP contribution is -2.38. The molecular weight excluding hydrogens is 358 g/mol. The van der Waals surface area contributed by atoms with Crippen LogP contribution < -0.4 is 0 Å². The van der Waals surface area contributed by atoms with Crippen LogP contribution in [0.3, 0.4) is 0 Å². The van der Waals surface area contributed by atoms with Crippen molar-refractivity contribution in [2.75, 3.05) is 13.1 Å². The molecule has 3 rings (SSSR count). The molecule has 0 spiro atoms. The van der Waals surface area contributed by atoms with Gasteiger partial charge in [-0.25, -0.2) is 0 Å². The zero-order chi connectivity index (χ0) is 16.4. The smallest absolute Gasteiger partial charge is 0.253 e. The minimum Gasteiger partial charge on any atom is -0.425 e. The summed E-state index contributed by atoms with van der Waals surface area (Å²) in [5, 5.41) is 8.27. The highest BCUT2D eigenvalue weighted by atomic mass is 79.9. The summed E-state index contributed by atoms with van der Waals surface area (Å²) < 4.78 is 6.67. The van der Waals surface area contributed by atoms with E-state index in [1.54, 1.807) is 0 Å². The molecule has 1 aromatic carbocycles. The minimum absolute atomic E-state index is 0.0816. The fourth-order valence-corrected chi connectivity index (χ4v) is 3.18. The van der Waals surface area contributed by atoms with Crippen LogP contribution in [0.5, 0.6) is 0 Å². The first kappa shape index (κ1) is 16.2. The van der Waals surface area contributed by atoms with Crippen molar-refractivity contribution in [1.82, 2.24) is 15.1 Å². The maximum Gasteiger partial charge on any atom is 0.253 e. The Hall–Kier alpha value is -1.69. The molecule has 0 saturated carbocycles. The SMILES string of the molecule is CC(C)c1nnc(C2CCN(C(=O)c3cccc(Br)c3)CC2)o1. The third kappa shape index (κ3) is 3.63. The number of amides is 1. The van der Waals surface area contributed by atoms with E-state index in [0.29, 0.717) is 11.8 Å². The second kappa shape index (κ2) is 6.83. The number of piperidine rings is 1. The molecule has 0 radical (unpaired) electrons. The summed E-state index contributed by atoms with van der Waals surface area (Å²) in [4.78, 5) is 14.4. The van der Waals surface area contributed by atoms with Crippen LogP contribution in [0.2, 0.25) is 0 Å². The molecule has 0 atom stereocenters. The molecule has 1 aliphatic heterocycles. The lowest BCUT2D eigenvalue weighted by Gasteiger charge is -2.30. The zero-order valence-corrected chi connectivity index (χ0v) is 14.9. The van der Waals surface area contributed by atoms with Crippen molar-refractivity contribution in [2.45, 2.75) is 38.5 Å². The number of carbonyl (C=O) groups excluding carboxylic acids is 1. The molecular formula is C17H20BrN3O2. The number of halogens is 1. The van der Waals surface area contributed by atoms with E-state index < -0.39 is 0 Å². The Morgan fingerprint density at radius 2 is 2.04 bits per heavy atom. The number of hydrogen-bond donors (Lipinski definition) is 0. The van der Waals surface area contributed by atoms with Gasteiger partial charge in [0.25, 0.3) is 5.91 Å². The summed E-state index contributed by atoms with van der Waals surface area (Å²) in [7, 11) is 0. The standard InChI is InChI=1S/C17H20BrN3O2/c1-11(2)15-19-20-16(23-15)12-6-8-21(9-7-12)17(22)13-4-3-5-14(18)10-13/h3-5,10-12H,6-9H2,1-2H3. The van der Waals surface area contributed by atoms with Gasteiger partial charge in [0.05, 0.1) is 0 Å². The second-order valence-corrected chi connectivity index (χ2v) is 7.13. The van der Waals surface area contributed by atoms with Gasteiger partial charge in [0.1, 0.15) is 0 Å². The molecule has 0 unspecified atom stereocenters. The number of rotatable bonds is 3. The molecule has 1 aromatic heterocycles. The minimum atomic E-state index is 0.0816. The number of likely N-dealkylation sites (tertiary alicyclic amines) is 1. The maximum absolute atomic E-state index is 12.5. The van der Waals surface area contributed by atoms with Gasteiger partial charge >= 0.3 is 0 Å². The van der Waals surface area contributed by atoms with E-state index in [4.69, 9.17) is 4.42 Å². The summed E-state index contributed by atoms with van der Waals surface area (Å²) in [5.74, 6) is 1.98. The Bertz CT molecular complexity index is 691. The average molecular weight is 378 g/mol. The summed E-state index contributed by atoms with van der Waals surface area (Å²) >= 11 is 3.41. The normalized spacial score (nSPS) is 16.1. The summed E-state index contributed by atoms with van der Waals surface area (Å²) in [5.41, 5.74) is 0.720. The Morgan fingerprint density at radius 3 is 2.65 bits per heavy atom. The predicted molar refractivity (Wildman–Crippen MR) is 90.4 cm³/mol. The van der Waals surface area contributed by atoms with Gasteiger partial charge in [0, 0.05) is 35.0 Å². The van der Waals surface area contributed by atoms with Crippen molar-refractivity contribution < 1.29 is 9.21 Å². The van der Waals surface area contributed by atoms with Crippen LogP contribution in [-0.2, 0) is 0 Å². The molecule has 6 heteroatoms. The van der Waals surface area contributed by atoms with Crippen LogP contribution >= 0.6 is 15.9 Å². The van der Waals surface area contributed by atoms with Gasteiger partial charge in [-0.1, -0.05) is 35.8 Å². The Labute approximate surface area is 144 Å². The summed E-state index contributed by atoms with van der Waals surface area (Å²) in [6.45, 7) is 5.51. The van der Waals surface area contributed by atoms with Crippen molar-refractivity contribution in [1.29, 1.82) is 0 Å². The van der Waals surface area contributed by atoms with E-state index in [0.717, 1.165) is 36.0 Å². The number of carbonyl (C=O) groups is 1. The molecule has 0 aliphatic carbocycles. The Morgan fingerprint density at radius 1 is 1.30 bits per heavy atom. The van der Waals surface area contributed by atoms with Crippen LogP contribution in [0.25, 0.3) is 0 Å². The van der Waals surface area contributed by atoms with E-state index >= 15 is 0 Å². The van der Waals surface area contributed by atoms with Gasteiger partial charge in [-0.2, -0.15) is 0 Å². The van der Waals surface area contributed by atoms with E-state index in [9.17, 15) is 4.79 Å². The van der Waals surface area contributed by atoms with Crippen LogP contribution in [0.4, 0.5) is 0 Å². The van der Waals surface area contributed by atoms with E-state index in [1.807, 2.05) is 43.0 Å². The fraction of sp³-hybridized carbons (Fsp3) is 0.471. The Kier molecular flexibility index (Phi) is 4.80. The molecule has 23 heavy (non-hydrogen) atoms. The highest BCUT2D eigenvalue weighted by Gasteiger charge is 2.28. The number of benzene rings is 1. The van der Waals surface area contributed by atoms with Crippen LogP contribution in [0.1, 0.15) is 60.7 Å². The first-order valence-corrected chi connectivity index (χ1v) is 8.72. The molecule has 0 N–H and O–H groups in total. The topological polar surface area (TPSA) is 59.2 Å². The third-order valence-electron chi connectivity index (χ3n) is 4.15. The molecule has 5 nitrogen and oxygen atoms in total. The Balaban J connectivity index is 1.62. The molecule has 2 aromatic rings. The van der Waals surface area contributed by atoms with Gasteiger partial charge in [0.2, 0.25) is 11.8 Å². The molecule has 1 aliphatic rings. The van der Waals surface area contributed by atoms with Gasteiger partial charge in [0.15, 0.2) is 0 Å². The largest absolute Gasteiger partial charge is 0.425 e. The van der Waals surface area contributed by atoms with Crippen molar-refractivity contribution in [3.05, 3.63) is 46.1 Å². The molecule has 1 fully saturated rings. The number of aromatic nitrogens is 2. The van der Waals surface area contributed by atoms with Crippen molar-refractivity contribution in [3.8, 4) is 0 Å². The maximum atomic E-state index is 12.5. The number of hydrogen-bond acceptors (Lipinski definition) is 4. The molecule has 1 saturated heterocycles. The quantitative estimate of drug-likeness (QED) is 0.811. The van der Waals surface area contributed by atoms with Gasteiger partial charge in [-0.05, 0) is 31.0 Å². The highest BCUT2D eigenvalue weighted by Crippen LogP contribution is 2.29. The zero-order valence-electron chi connectivity index (χ0n) is 13.3. The first-order chi connectivity index (χ1) is 11.0. The first-order valence-electron chi connectivity index (χ1n) is 7.92. The van der Waals surface area contributed by atoms with Crippen molar-refractivity contribution in [2.24, 2.45) is 0 Å². The van der Waals surface area contributed by atoms with Crippen molar-refractivity contribution >= 4 is 21.8 Å². The molecule has 1 amide bonds. The fourth-order valence-electron chi connectivity index (χ4n) is 2.78. The molecule has 0 bridgehead atoms. The van der Waals surface area contributed by atoms with Gasteiger partial charge < -0.3 is 9.32 Å². The third-order valence-corrected chi connectivity index (χ3v) is 4.65. The van der Waals surface area contributed by atoms with E-state index in [2.05, 4.69) is 26.1 Å². The van der Waals surface area contributed by atoms with Crippen molar-refractivity contribution in [3.63, 3.8) is 0 Å². The number of nitrogens with zero attached hydrogens (tertiary/aromatic N) is 3. The average Bonchev–Trinajstić information content (AvgIpc) is 3.04. The van der Waals surface area contributed by atoms with Crippen LogP contribution in [0.15, 0.2) is 33.2 Å². The molecule has 122 valence electrons. The van der Waals surface area contributed by atoms with Crippen LogP contribution in [0, 0.1) is 0 Å². The summed E-state index contributed by atoms with van der Waals surface area (Å²) in [6.07, 6.45) is 1.72. The monoisotopic (exact) mass is 377 g/mol. The lowest BCUT2D eigenvalue weighted by molar-refractivity contribution is 0.0706. The van der Waals surface area contributed by atoms with Gasteiger partial charge in [-0.15, -0.1) is 10.2 Å². The highest BCUT2D eigenvalue weighted by molar-refractivity contribution is 9.10.